The molecule has 0 amide bonds. The molecule has 0 saturated heterocycles. The molecule has 1 unspecified atom stereocenters. The fourth-order valence-electron chi connectivity index (χ4n) is 1.60. The van der Waals surface area contributed by atoms with Crippen molar-refractivity contribution in [3.63, 3.8) is 0 Å². The van der Waals surface area contributed by atoms with Gasteiger partial charge in [0.2, 0.25) is 0 Å². The van der Waals surface area contributed by atoms with Crippen LogP contribution in [0.1, 0.15) is 23.6 Å². The number of rotatable bonds is 3. The standard InChI is InChI=1S/C12H19NS/c1-8-5-9(2)12(10(3)6-8)14-11(4)7-13/h5-6,11H,7,13H2,1-4H3. The first-order valence-corrected chi connectivity index (χ1v) is 5.87. The third-order valence-electron chi connectivity index (χ3n) is 2.26. The molecule has 1 aromatic rings. The molecule has 0 aromatic heterocycles. The van der Waals surface area contributed by atoms with Gasteiger partial charge >= 0.3 is 0 Å². The zero-order valence-electron chi connectivity index (χ0n) is 9.42. The minimum Gasteiger partial charge on any atom is -0.329 e. The maximum atomic E-state index is 5.63. The first-order valence-electron chi connectivity index (χ1n) is 4.99. The molecule has 0 fully saturated rings. The third-order valence-corrected chi connectivity index (χ3v) is 3.73. The largest absolute Gasteiger partial charge is 0.329 e. The summed E-state index contributed by atoms with van der Waals surface area (Å²) >= 11 is 1.88. The van der Waals surface area contributed by atoms with E-state index in [1.54, 1.807) is 0 Å². The van der Waals surface area contributed by atoms with Crippen LogP contribution in [-0.4, -0.2) is 11.8 Å². The van der Waals surface area contributed by atoms with Gasteiger partial charge in [0.05, 0.1) is 0 Å². The normalized spacial score (nSPS) is 12.9. The molecule has 0 spiro atoms. The number of nitrogens with two attached hydrogens (primary N) is 1. The highest BCUT2D eigenvalue weighted by Crippen LogP contribution is 2.30. The Hall–Kier alpha value is -0.470. The Balaban J connectivity index is 2.96. The molecule has 1 rings (SSSR count). The second-order valence-corrected chi connectivity index (χ2v) is 5.34. The number of thioether (sulfide) groups is 1. The lowest BCUT2D eigenvalue weighted by Crippen LogP contribution is -2.12. The van der Waals surface area contributed by atoms with Crippen LogP contribution in [0.5, 0.6) is 0 Å². The van der Waals surface area contributed by atoms with E-state index in [0.717, 1.165) is 6.54 Å². The molecule has 2 N–H and O–H groups in total. The zero-order chi connectivity index (χ0) is 10.7. The SMILES string of the molecule is Cc1cc(C)c(SC(C)CN)c(C)c1. The van der Waals surface area contributed by atoms with Crippen LogP contribution in [0, 0.1) is 20.8 Å². The fourth-order valence-corrected chi connectivity index (χ4v) is 2.59. The first kappa shape index (κ1) is 11.6. The van der Waals surface area contributed by atoms with Crippen molar-refractivity contribution in [2.24, 2.45) is 5.73 Å². The molecule has 0 heterocycles. The fraction of sp³-hybridized carbons (Fsp3) is 0.500. The van der Waals surface area contributed by atoms with Gasteiger partial charge in [-0.25, -0.2) is 0 Å². The summed E-state index contributed by atoms with van der Waals surface area (Å²) in [5.74, 6) is 0. The molecule has 1 atom stereocenters. The molecule has 1 nitrogen and oxygen atoms in total. The summed E-state index contributed by atoms with van der Waals surface area (Å²) in [5, 5.41) is 0.495. The van der Waals surface area contributed by atoms with Gasteiger partial charge in [-0.05, 0) is 31.9 Å². The Bertz CT molecular complexity index is 297. The number of aryl methyl sites for hydroxylation is 3. The summed E-state index contributed by atoms with van der Waals surface area (Å²) in [6.07, 6.45) is 0. The van der Waals surface area contributed by atoms with Gasteiger partial charge in [-0.2, -0.15) is 0 Å². The van der Waals surface area contributed by atoms with Gasteiger partial charge in [-0.1, -0.05) is 24.6 Å². The van der Waals surface area contributed by atoms with Gasteiger partial charge in [0.1, 0.15) is 0 Å². The van der Waals surface area contributed by atoms with E-state index in [1.165, 1.54) is 21.6 Å². The Morgan fingerprint density at radius 1 is 1.21 bits per heavy atom. The van der Waals surface area contributed by atoms with Crippen molar-refractivity contribution in [2.75, 3.05) is 6.54 Å². The summed E-state index contributed by atoms with van der Waals surface area (Å²) < 4.78 is 0. The van der Waals surface area contributed by atoms with E-state index in [4.69, 9.17) is 5.73 Å². The van der Waals surface area contributed by atoms with E-state index >= 15 is 0 Å². The quantitative estimate of drug-likeness (QED) is 0.774. The van der Waals surface area contributed by atoms with Crippen LogP contribution in [0.2, 0.25) is 0 Å². The lowest BCUT2D eigenvalue weighted by atomic mass is 10.1. The summed E-state index contributed by atoms with van der Waals surface area (Å²) in [5.41, 5.74) is 9.70. The molecule has 78 valence electrons. The molecule has 14 heavy (non-hydrogen) atoms. The summed E-state index contributed by atoms with van der Waals surface area (Å²) in [4.78, 5) is 1.40. The van der Waals surface area contributed by atoms with Crippen molar-refractivity contribution in [1.29, 1.82) is 0 Å². The van der Waals surface area contributed by atoms with Gasteiger partial charge < -0.3 is 5.73 Å². The molecule has 0 aliphatic carbocycles. The topological polar surface area (TPSA) is 26.0 Å². The van der Waals surface area contributed by atoms with Crippen LogP contribution in [0.4, 0.5) is 0 Å². The molecule has 0 radical (unpaired) electrons. The van der Waals surface area contributed by atoms with Crippen molar-refractivity contribution in [3.05, 3.63) is 28.8 Å². The van der Waals surface area contributed by atoms with Crippen LogP contribution in [0.3, 0.4) is 0 Å². The highest BCUT2D eigenvalue weighted by molar-refractivity contribution is 8.00. The Morgan fingerprint density at radius 2 is 1.71 bits per heavy atom. The first-order chi connectivity index (χ1) is 6.54. The maximum Gasteiger partial charge on any atom is 0.0189 e. The average molecular weight is 209 g/mol. The van der Waals surface area contributed by atoms with Crippen molar-refractivity contribution < 1.29 is 0 Å². The predicted octanol–water partition coefficient (Wildman–Crippen LogP) is 3.05. The lowest BCUT2D eigenvalue weighted by Gasteiger charge is -2.14. The van der Waals surface area contributed by atoms with Crippen LogP contribution in [0.15, 0.2) is 17.0 Å². The molecule has 2 heteroatoms. The van der Waals surface area contributed by atoms with Gasteiger partial charge in [0.15, 0.2) is 0 Å². The summed E-state index contributed by atoms with van der Waals surface area (Å²) in [6.45, 7) is 9.39. The van der Waals surface area contributed by atoms with E-state index < -0.39 is 0 Å². The zero-order valence-corrected chi connectivity index (χ0v) is 10.2. The molecule has 1 aromatic carbocycles. The average Bonchev–Trinajstić information content (AvgIpc) is 2.10. The van der Waals surface area contributed by atoms with Crippen LogP contribution >= 0.6 is 11.8 Å². The monoisotopic (exact) mass is 209 g/mol. The van der Waals surface area contributed by atoms with Gasteiger partial charge in [-0.15, -0.1) is 11.8 Å². The van der Waals surface area contributed by atoms with Crippen LogP contribution < -0.4 is 5.73 Å². The van der Waals surface area contributed by atoms with E-state index in [-0.39, 0.29) is 0 Å². The Morgan fingerprint density at radius 3 is 2.14 bits per heavy atom. The van der Waals surface area contributed by atoms with Crippen LogP contribution in [0.25, 0.3) is 0 Å². The number of hydrogen-bond donors (Lipinski definition) is 1. The maximum absolute atomic E-state index is 5.63. The van der Waals surface area contributed by atoms with E-state index in [0.29, 0.717) is 5.25 Å². The molecule has 0 saturated carbocycles. The predicted molar refractivity (Wildman–Crippen MR) is 65.0 cm³/mol. The van der Waals surface area contributed by atoms with Gasteiger partial charge in [-0.3, -0.25) is 0 Å². The van der Waals surface area contributed by atoms with Crippen molar-refractivity contribution in [3.8, 4) is 0 Å². The van der Waals surface area contributed by atoms with E-state index in [1.807, 2.05) is 11.8 Å². The summed E-state index contributed by atoms with van der Waals surface area (Å²) in [7, 11) is 0. The number of hydrogen-bond acceptors (Lipinski definition) is 2. The van der Waals surface area contributed by atoms with Crippen molar-refractivity contribution in [1.82, 2.24) is 0 Å². The molecular formula is C12H19NS. The minimum atomic E-state index is 0.495. The molecule has 0 aliphatic rings. The Labute approximate surface area is 91.1 Å². The van der Waals surface area contributed by atoms with E-state index in [9.17, 15) is 0 Å². The van der Waals surface area contributed by atoms with E-state index in [2.05, 4.69) is 39.8 Å². The molecule has 0 aliphatic heterocycles. The highest BCUT2D eigenvalue weighted by atomic mass is 32.2. The van der Waals surface area contributed by atoms with Crippen molar-refractivity contribution in [2.45, 2.75) is 37.8 Å². The smallest absolute Gasteiger partial charge is 0.0189 e. The second kappa shape index (κ2) is 4.85. The second-order valence-electron chi connectivity index (χ2n) is 3.89. The number of benzene rings is 1. The third kappa shape index (κ3) is 2.76. The minimum absolute atomic E-state index is 0.495. The molecular weight excluding hydrogens is 190 g/mol. The van der Waals surface area contributed by atoms with Crippen molar-refractivity contribution >= 4 is 11.8 Å². The molecule has 0 bridgehead atoms. The van der Waals surface area contributed by atoms with Gasteiger partial charge in [0.25, 0.3) is 0 Å². The van der Waals surface area contributed by atoms with Crippen LogP contribution in [-0.2, 0) is 0 Å². The summed E-state index contributed by atoms with van der Waals surface area (Å²) in [6, 6.07) is 4.47. The Kier molecular flexibility index (Phi) is 4.02. The highest BCUT2D eigenvalue weighted by Gasteiger charge is 2.08. The lowest BCUT2D eigenvalue weighted by molar-refractivity contribution is 0.948. The van der Waals surface area contributed by atoms with Gasteiger partial charge in [0, 0.05) is 16.7 Å².